The van der Waals surface area contributed by atoms with Gasteiger partial charge in [0, 0.05) is 19.7 Å². The molecule has 94 valence electrons. The summed E-state index contributed by atoms with van der Waals surface area (Å²) in [5.74, 6) is -0.334. The zero-order chi connectivity index (χ0) is 12.3. The van der Waals surface area contributed by atoms with Crippen LogP contribution in [0.4, 0.5) is 0 Å². The zero-order valence-corrected chi connectivity index (χ0v) is 9.89. The number of nitrogens with zero attached hydrogens (tertiary/aromatic N) is 1. The third kappa shape index (κ3) is 3.31. The molecule has 0 amide bonds. The van der Waals surface area contributed by atoms with Crippen LogP contribution in [0.25, 0.3) is 0 Å². The first kappa shape index (κ1) is 12.1. The standard InChI is InChI=1S/C12H17NO4/c1-9-7-13(5-2-6-16-9)8-10-3-4-11(17-10)12(14)15/h3-4,9H,2,5-8H2,1H3,(H,14,15). The molecule has 0 radical (unpaired) electrons. The molecule has 2 rings (SSSR count). The average Bonchev–Trinajstić information content (AvgIpc) is 2.63. The van der Waals surface area contributed by atoms with Crippen LogP contribution in [0.3, 0.4) is 0 Å². The molecule has 0 aliphatic carbocycles. The van der Waals surface area contributed by atoms with Gasteiger partial charge in [-0.1, -0.05) is 0 Å². The Kier molecular flexibility index (Phi) is 3.81. The molecule has 0 spiro atoms. The van der Waals surface area contributed by atoms with Gasteiger partial charge in [0.25, 0.3) is 0 Å². The van der Waals surface area contributed by atoms with Gasteiger partial charge in [-0.05, 0) is 25.5 Å². The van der Waals surface area contributed by atoms with Crippen molar-refractivity contribution < 1.29 is 19.1 Å². The smallest absolute Gasteiger partial charge is 0.371 e. The number of hydrogen-bond acceptors (Lipinski definition) is 4. The van der Waals surface area contributed by atoms with E-state index in [-0.39, 0.29) is 11.9 Å². The van der Waals surface area contributed by atoms with Crippen molar-refractivity contribution in [2.45, 2.75) is 26.0 Å². The molecule has 1 aromatic heterocycles. The lowest BCUT2D eigenvalue weighted by molar-refractivity contribution is 0.0632. The largest absolute Gasteiger partial charge is 0.475 e. The molecule has 1 aliphatic rings. The number of carboxylic acid groups (broad SMARTS) is 1. The molecule has 1 aromatic rings. The molecule has 0 bridgehead atoms. The summed E-state index contributed by atoms with van der Waals surface area (Å²) in [6.07, 6.45) is 1.21. The number of aromatic carboxylic acids is 1. The minimum atomic E-state index is -1.02. The SMILES string of the molecule is CC1CN(Cc2ccc(C(=O)O)o2)CCCO1. The van der Waals surface area contributed by atoms with Crippen LogP contribution in [-0.2, 0) is 11.3 Å². The molecule has 1 atom stereocenters. The van der Waals surface area contributed by atoms with E-state index in [4.69, 9.17) is 14.3 Å². The zero-order valence-electron chi connectivity index (χ0n) is 9.89. The molecule has 17 heavy (non-hydrogen) atoms. The van der Waals surface area contributed by atoms with E-state index in [2.05, 4.69) is 4.90 Å². The minimum absolute atomic E-state index is 0.000814. The van der Waals surface area contributed by atoms with E-state index in [1.165, 1.54) is 6.07 Å². The Morgan fingerprint density at radius 3 is 3.12 bits per heavy atom. The number of rotatable bonds is 3. The van der Waals surface area contributed by atoms with Crippen molar-refractivity contribution in [1.82, 2.24) is 4.90 Å². The van der Waals surface area contributed by atoms with Crippen LogP contribution < -0.4 is 0 Å². The highest BCUT2D eigenvalue weighted by Gasteiger charge is 2.17. The van der Waals surface area contributed by atoms with E-state index >= 15 is 0 Å². The van der Waals surface area contributed by atoms with E-state index < -0.39 is 5.97 Å². The maximum atomic E-state index is 10.7. The first-order valence-corrected chi connectivity index (χ1v) is 5.81. The summed E-state index contributed by atoms with van der Waals surface area (Å²) >= 11 is 0. The maximum Gasteiger partial charge on any atom is 0.371 e. The second-order valence-corrected chi connectivity index (χ2v) is 4.34. The second kappa shape index (κ2) is 5.33. The van der Waals surface area contributed by atoms with Crippen LogP contribution in [0, 0.1) is 0 Å². The van der Waals surface area contributed by atoms with Crippen LogP contribution in [-0.4, -0.2) is 41.8 Å². The van der Waals surface area contributed by atoms with Crippen molar-refractivity contribution in [3.8, 4) is 0 Å². The van der Waals surface area contributed by atoms with Gasteiger partial charge in [0.15, 0.2) is 0 Å². The Morgan fingerprint density at radius 1 is 1.59 bits per heavy atom. The summed E-state index contributed by atoms with van der Waals surface area (Å²) in [5, 5.41) is 8.76. The first-order chi connectivity index (χ1) is 8.15. The summed E-state index contributed by atoms with van der Waals surface area (Å²) in [4.78, 5) is 12.9. The number of carboxylic acids is 1. The van der Waals surface area contributed by atoms with E-state index in [1.807, 2.05) is 6.92 Å². The average molecular weight is 239 g/mol. The lowest BCUT2D eigenvalue weighted by Gasteiger charge is -2.20. The highest BCUT2D eigenvalue weighted by Crippen LogP contribution is 2.13. The van der Waals surface area contributed by atoms with E-state index in [1.54, 1.807) is 6.07 Å². The van der Waals surface area contributed by atoms with Crippen molar-refractivity contribution in [3.63, 3.8) is 0 Å². The van der Waals surface area contributed by atoms with Crippen LogP contribution in [0.15, 0.2) is 16.5 Å². The number of carbonyl (C=O) groups is 1. The van der Waals surface area contributed by atoms with Gasteiger partial charge in [-0.25, -0.2) is 4.79 Å². The highest BCUT2D eigenvalue weighted by atomic mass is 16.5. The van der Waals surface area contributed by atoms with Crippen molar-refractivity contribution in [3.05, 3.63) is 23.7 Å². The van der Waals surface area contributed by atoms with Crippen molar-refractivity contribution in [2.75, 3.05) is 19.7 Å². The van der Waals surface area contributed by atoms with Gasteiger partial charge in [-0.3, -0.25) is 4.90 Å². The molecule has 1 fully saturated rings. The van der Waals surface area contributed by atoms with Gasteiger partial charge in [-0.2, -0.15) is 0 Å². The number of furan rings is 1. The summed E-state index contributed by atoms with van der Waals surface area (Å²) in [6, 6.07) is 3.22. The Balaban J connectivity index is 1.96. The molecule has 1 N–H and O–H groups in total. The van der Waals surface area contributed by atoms with Crippen LogP contribution in [0.2, 0.25) is 0 Å². The van der Waals surface area contributed by atoms with Crippen LogP contribution >= 0.6 is 0 Å². The normalized spacial score (nSPS) is 22.3. The fourth-order valence-corrected chi connectivity index (χ4v) is 2.02. The summed E-state index contributed by atoms with van der Waals surface area (Å²) in [6.45, 7) is 5.27. The van der Waals surface area contributed by atoms with Crippen molar-refractivity contribution in [2.24, 2.45) is 0 Å². The number of ether oxygens (including phenoxy) is 1. The van der Waals surface area contributed by atoms with Crippen LogP contribution in [0.5, 0.6) is 0 Å². The van der Waals surface area contributed by atoms with Gasteiger partial charge in [0.05, 0.1) is 12.6 Å². The predicted octanol–water partition coefficient (Wildman–Crippen LogP) is 1.59. The molecule has 1 aliphatic heterocycles. The van der Waals surface area contributed by atoms with Crippen LogP contribution in [0.1, 0.15) is 29.7 Å². The Labute approximate surface area is 100.0 Å². The summed E-state index contributed by atoms with van der Waals surface area (Å²) < 4.78 is 10.8. The van der Waals surface area contributed by atoms with Crippen molar-refractivity contribution in [1.29, 1.82) is 0 Å². The van der Waals surface area contributed by atoms with Gasteiger partial charge in [0.1, 0.15) is 5.76 Å². The Bertz CT molecular complexity index is 388. The predicted molar refractivity (Wildman–Crippen MR) is 61.0 cm³/mol. The van der Waals surface area contributed by atoms with E-state index in [0.717, 1.165) is 26.1 Å². The Hall–Kier alpha value is -1.33. The van der Waals surface area contributed by atoms with Gasteiger partial charge < -0.3 is 14.3 Å². The highest BCUT2D eigenvalue weighted by molar-refractivity contribution is 5.84. The van der Waals surface area contributed by atoms with E-state index in [0.29, 0.717) is 12.3 Å². The topological polar surface area (TPSA) is 62.9 Å². The minimum Gasteiger partial charge on any atom is -0.475 e. The molecule has 2 heterocycles. The maximum absolute atomic E-state index is 10.7. The first-order valence-electron chi connectivity index (χ1n) is 5.81. The second-order valence-electron chi connectivity index (χ2n) is 4.34. The molecule has 0 aromatic carbocycles. The van der Waals surface area contributed by atoms with Crippen molar-refractivity contribution >= 4 is 5.97 Å². The van der Waals surface area contributed by atoms with Gasteiger partial charge >= 0.3 is 5.97 Å². The lowest BCUT2D eigenvalue weighted by atomic mass is 10.3. The molecular weight excluding hydrogens is 222 g/mol. The number of hydrogen-bond donors (Lipinski definition) is 1. The summed E-state index contributed by atoms with van der Waals surface area (Å²) in [5.41, 5.74) is 0. The van der Waals surface area contributed by atoms with Gasteiger partial charge in [-0.15, -0.1) is 0 Å². The fraction of sp³-hybridized carbons (Fsp3) is 0.583. The third-order valence-electron chi connectivity index (χ3n) is 2.79. The molecular formula is C12H17NO4. The molecule has 1 saturated heterocycles. The van der Waals surface area contributed by atoms with E-state index in [9.17, 15) is 4.79 Å². The lowest BCUT2D eigenvalue weighted by Crippen LogP contribution is -2.29. The molecule has 5 nitrogen and oxygen atoms in total. The quantitative estimate of drug-likeness (QED) is 0.867. The Morgan fingerprint density at radius 2 is 2.41 bits per heavy atom. The molecule has 1 unspecified atom stereocenters. The van der Waals surface area contributed by atoms with Gasteiger partial charge in [0.2, 0.25) is 5.76 Å². The monoisotopic (exact) mass is 239 g/mol. The summed E-state index contributed by atoms with van der Waals surface area (Å²) in [7, 11) is 0. The third-order valence-corrected chi connectivity index (χ3v) is 2.79. The fourth-order valence-electron chi connectivity index (χ4n) is 2.02. The molecule has 5 heteroatoms. The molecule has 0 saturated carbocycles.